The van der Waals surface area contributed by atoms with Gasteiger partial charge in [0.25, 0.3) is 5.91 Å². The first kappa shape index (κ1) is 7.54. The fraction of sp³-hybridized carbons (Fsp3) is 0.857. The van der Waals surface area contributed by atoms with Crippen LogP contribution in [0, 0.1) is 0 Å². The van der Waals surface area contributed by atoms with Crippen LogP contribution in [-0.2, 0) is 9.53 Å². The summed E-state index contributed by atoms with van der Waals surface area (Å²) in [5.41, 5.74) is -0.441. The minimum absolute atomic E-state index is 0. The number of ether oxygens (including phenoxy) is 1. The Labute approximate surface area is 62.2 Å². The molecule has 0 unspecified atom stereocenters. The second-order valence-corrected chi connectivity index (χ2v) is 2.51. The van der Waals surface area contributed by atoms with Gasteiger partial charge < -0.3 is 10.1 Å². The van der Waals surface area contributed by atoms with E-state index in [0.717, 1.165) is 12.8 Å². The van der Waals surface area contributed by atoms with E-state index >= 15 is 0 Å². The predicted molar refractivity (Wildman–Crippen MR) is 39.8 cm³/mol. The lowest BCUT2D eigenvalue weighted by molar-refractivity contribution is -0.134. The van der Waals surface area contributed by atoms with Crippen molar-refractivity contribution in [3.8, 4) is 0 Å². The predicted octanol–water partition coefficient (Wildman–Crippen LogP) is 0.547. The lowest BCUT2D eigenvalue weighted by Gasteiger charge is -2.12. The number of amides is 1. The highest BCUT2D eigenvalue weighted by Crippen LogP contribution is 2.39. The van der Waals surface area contributed by atoms with Gasteiger partial charge in [0.1, 0.15) is 5.60 Å². The number of hydrogen-bond acceptors (Lipinski definition) is 2. The largest absolute Gasteiger partial charge is 0.365 e. The van der Waals surface area contributed by atoms with E-state index in [1.54, 1.807) is 7.05 Å². The van der Waals surface area contributed by atoms with E-state index in [1.165, 1.54) is 0 Å². The summed E-state index contributed by atoms with van der Waals surface area (Å²) in [6.07, 6.45) is 1.75. The third-order valence-corrected chi connectivity index (χ3v) is 1.77. The Kier molecular flexibility index (Phi) is 1.94. The van der Waals surface area contributed by atoms with Crippen LogP contribution >= 0.6 is 0 Å². The van der Waals surface area contributed by atoms with E-state index in [0.29, 0.717) is 6.61 Å². The van der Waals surface area contributed by atoms with Crippen molar-refractivity contribution in [2.75, 3.05) is 13.7 Å². The van der Waals surface area contributed by atoms with Crippen molar-refractivity contribution in [1.29, 1.82) is 0 Å². The summed E-state index contributed by atoms with van der Waals surface area (Å²) in [6, 6.07) is 0. The second kappa shape index (κ2) is 2.58. The van der Waals surface area contributed by atoms with Crippen molar-refractivity contribution in [2.45, 2.75) is 25.4 Å². The molecular formula is C7H15NO2. The number of rotatable bonds is 3. The second-order valence-electron chi connectivity index (χ2n) is 2.51. The van der Waals surface area contributed by atoms with Gasteiger partial charge in [-0.25, -0.2) is 0 Å². The van der Waals surface area contributed by atoms with Crippen molar-refractivity contribution in [3.05, 3.63) is 0 Å². The summed E-state index contributed by atoms with van der Waals surface area (Å²) >= 11 is 0. The van der Waals surface area contributed by atoms with Gasteiger partial charge in [-0.1, -0.05) is 0 Å². The van der Waals surface area contributed by atoms with Crippen molar-refractivity contribution >= 4 is 5.91 Å². The Balaban J connectivity index is 0.000001000. The summed E-state index contributed by atoms with van der Waals surface area (Å²) in [5, 5.41) is 2.59. The number of hydrogen-bond donors (Lipinski definition) is 1. The molecule has 0 bridgehead atoms. The van der Waals surface area contributed by atoms with Crippen LogP contribution in [0.25, 0.3) is 0 Å². The highest BCUT2D eigenvalue weighted by molar-refractivity contribution is 5.87. The lowest BCUT2D eigenvalue weighted by Crippen LogP contribution is -2.35. The minimum Gasteiger partial charge on any atom is -0.365 e. The van der Waals surface area contributed by atoms with Crippen LogP contribution < -0.4 is 5.32 Å². The van der Waals surface area contributed by atoms with Crippen molar-refractivity contribution in [3.63, 3.8) is 0 Å². The van der Waals surface area contributed by atoms with Gasteiger partial charge in [-0.05, 0) is 19.8 Å². The van der Waals surface area contributed by atoms with E-state index in [1.807, 2.05) is 6.92 Å². The molecule has 3 nitrogen and oxygen atoms in total. The van der Waals surface area contributed by atoms with E-state index in [2.05, 4.69) is 5.32 Å². The number of carbonyl (C=O) groups is 1. The maximum atomic E-state index is 11.0. The van der Waals surface area contributed by atoms with Crippen molar-refractivity contribution in [2.24, 2.45) is 0 Å². The van der Waals surface area contributed by atoms with Crippen molar-refractivity contribution < 1.29 is 11.0 Å². The third kappa shape index (κ3) is 1.14. The van der Waals surface area contributed by atoms with E-state index < -0.39 is 5.60 Å². The molecular weight excluding hydrogens is 130 g/mol. The molecule has 0 aromatic heterocycles. The molecule has 1 fully saturated rings. The molecule has 0 aromatic rings. The highest BCUT2D eigenvalue weighted by atomic mass is 16.5. The zero-order valence-corrected chi connectivity index (χ0v) is 6.44. The molecule has 60 valence electrons. The fourth-order valence-corrected chi connectivity index (χ4v) is 1.05. The topological polar surface area (TPSA) is 38.3 Å². The molecule has 0 aromatic carbocycles. The molecule has 0 aliphatic heterocycles. The quantitative estimate of drug-likeness (QED) is 0.629. The molecule has 0 atom stereocenters. The summed E-state index contributed by atoms with van der Waals surface area (Å²) in [6.45, 7) is 2.52. The lowest BCUT2D eigenvalue weighted by atomic mass is 10.3. The Morgan fingerprint density at radius 1 is 1.80 bits per heavy atom. The molecule has 3 heteroatoms. The van der Waals surface area contributed by atoms with Gasteiger partial charge in [-0.2, -0.15) is 0 Å². The average Bonchev–Trinajstić information content (AvgIpc) is 2.69. The van der Waals surface area contributed by atoms with Gasteiger partial charge in [0.15, 0.2) is 0 Å². The smallest absolute Gasteiger partial charge is 0.251 e. The molecule has 0 radical (unpaired) electrons. The highest BCUT2D eigenvalue weighted by Gasteiger charge is 2.50. The van der Waals surface area contributed by atoms with Crippen LogP contribution in [0.4, 0.5) is 0 Å². The Bertz CT molecular complexity index is 145. The molecule has 10 heavy (non-hydrogen) atoms. The van der Waals surface area contributed by atoms with Crippen LogP contribution in [0.15, 0.2) is 0 Å². The first-order valence-corrected chi connectivity index (χ1v) is 3.61. The Morgan fingerprint density at radius 3 is 2.70 bits per heavy atom. The fourth-order valence-electron chi connectivity index (χ4n) is 1.05. The van der Waals surface area contributed by atoms with Crippen LogP contribution in [0.3, 0.4) is 0 Å². The molecule has 1 saturated carbocycles. The van der Waals surface area contributed by atoms with Gasteiger partial charge >= 0.3 is 0 Å². The first-order valence-electron chi connectivity index (χ1n) is 3.61. The van der Waals surface area contributed by atoms with E-state index in [-0.39, 0.29) is 7.33 Å². The number of nitrogens with one attached hydrogen (secondary N) is 1. The van der Waals surface area contributed by atoms with Crippen LogP contribution in [0.5, 0.6) is 0 Å². The van der Waals surface area contributed by atoms with Crippen molar-refractivity contribution in [1.82, 2.24) is 5.32 Å². The molecule has 1 aliphatic rings. The summed E-state index contributed by atoms with van der Waals surface area (Å²) in [4.78, 5) is 11.0. The molecule has 0 heterocycles. The molecule has 1 rings (SSSR count). The average molecular weight is 145 g/mol. The Hall–Kier alpha value is -0.570. The van der Waals surface area contributed by atoms with E-state index in [4.69, 9.17) is 4.74 Å². The normalized spacial score (nSPS) is 20.2. The zero-order valence-electron chi connectivity index (χ0n) is 6.44. The van der Waals surface area contributed by atoms with Gasteiger partial charge in [-0.15, -0.1) is 0 Å². The van der Waals surface area contributed by atoms with Gasteiger partial charge in [0.2, 0.25) is 0 Å². The minimum atomic E-state index is -0.441. The summed E-state index contributed by atoms with van der Waals surface area (Å²) in [5.74, 6) is 0.0225. The van der Waals surface area contributed by atoms with Gasteiger partial charge in [0.05, 0.1) is 0 Å². The third-order valence-electron chi connectivity index (χ3n) is 1.77. The van der Waals surface area contributed by atoms with Crippen LogP contribution in [0.2, 0.25) is 0 Å². The Morgan fingerprint density at radius 2 is 2.40 bits per heavy atom. The summed E-state index contributed by atoms with van der Waals surface area (Å²) < 4.78 is 5.28. The molecule has 0 saturated heterocycles. The molecule has 0 spiro atoms. The number of likely N-dealkylation sites (N-methyl/N-ethyl adjacent to an activating group) is 1. The molecule has 1 N–H and O–H groups in total. The molecule has 1 amide bonds. The maximum absolute atomic E-state index is 11.0. The van der Waals surface area contributed by atoms with Crippen LogP contribution in [-0.4, -0.2) is 25.2 Å². The standard InChI is InChI=1S/C7H13NO2.H2/c1-3-10-7(4-5-7)6(9)8-2;/h3-5H2,1-2H3,(H,8,9);1H. The van der Waals surface area contributed by atoms with Crippen LogP contribution in [0.1, 0.15) is 21.2 Å². The summed E-state index contributed by atoms with van der Waals surface area (Å²) in [7, 11) is 1.64. The van der Waals surface area contributed by atoms with E-state index in [9.17, 15) is 4.79 Å². The van der Waals surface area contributed by atoms with Gasteiger partial charge in [0, 0.05) is 15.1 Å². The first-order chi connectivity index (χ1) is 4.75. The molecule has 1 aliphatic carbocycles. The number of carbonyl (C=O) groups excluding carboxylic acids is 1. The van der Waals surface area contributed by atoms with Gasteiger partial charge in [-0.3, -0.25) is 4.79 Å². The zero-order chi connectivity index (χ0) is 7.61. The maximum Gasteiger partial charge on any atom is 0.251 e. The SMILES string of the molecule is CCOC1(C(=O)NC)CC1.[HH]. The monoisotopic (exact) mass is 145 g/mol.